The first-order valence-corrected chi connectivity index (χ1v) is 15.2. The monoisotopic (exact) mass is 660 g/mol. The van der Waals surface area contributed by atoms with Crippen LogP contribution >= 0.6 is 22.7 Å². The van der Waals surface area contributed by atoms with Crippen molar-refractivity contribution in [1.29, 1.82) is 0 Å². The average molecular weight is 661 g/mol. The van der Waals surface area contributed by atoms with E-state index in [2.05, 4.69) is 0 Å². The largest absolute Gasteiger partial charge is 0.497 e. The second kappa shape index (κ2) is 9.92. The van der Waals surface area contributed by atoms with Crippen molar-refractivity contribution in [3.63, 3.8) is 0 Å². The Kier molecular flexibility index (Phi) is 6.51. The molecule has 0 atom stereocenters. The van der Waals surface area contributed by atoms with E-state index in [9.17, 15) is 0 Å². The molecule has 232 valence electrons. The molecular formula is C33H22F6O4S2. The molecule has 4 heterocycles. The number of fused-ring (bicyclic) bond motifs is 2. The Bertz CT molecular complexity index is 2010. The Hall–Kier alpha value is -4.16. The molecular weight excluding hydrogens is 638 g/mol. The van der Waals surface area contributed by atoms with Crippen molar-refractivity contribution in [2.45, 2.75) is 31.6 Å². The van der Waals surface area contributed by atoms with Gasteiger partial charge < -0.3 is 18.3 Å². The third-order valence-electron chi connectivity index (χ3n) is 7.89. The number of rotatable bonds is 6. The van der Waals surface area contributed by atoms with Crippen LogP contribution in [0.5, 0.6) is 11.5 Å². The highest BCUT2D eigenvalue weighted by Gasteiger charge is 2.81. The molecule has 0 bridgehead atoms. The minimum absolute atomic E-state index is 0.00230. The van der Waals surface area contributed by atoms with Crippen LogP contribution < -0.4 is 9.47 Å². The van der Waals surface area contributed by atoms with E-state index < -0.39 is 40.0 Å². The van der Waals surface area contributed by atoms with Crippen molar-refractivity contribution < 1.29 is 44.7 Å². The van der Waals surface area contributed by atoms with Gasteiger partial charge in [0.1, 0.15) is 22.7 Å². The number of aryl methyl sites for hydroxylation is 2. The van der Waals surface area contributed by atoms with Crippen molar-refractivity contribution in [3.8, 4) is 32.8 Å². The fraction of sp³-hybridized carbons (Fsp3) is 0.212. The summed E-state index contributed by atoms with van der Waals surface area (Å²) in [5.74, 6) is -16.3. The molecule has 0 amide bonds. The molecule has 0 spiro atoms. The zero-order valence-electron chi connectivity index (χ0n) is 24.0. The van der Waals surface area contributed by atoms with E-state index >= 15 is 26.3 Å². The molecule has 6 aromatic rings. The summed E-state index contributed by atoms with van der Waals surface area (Å²) in [5.41, 5.74) is -4.17. The van der Waals surface area contributed by atoms with Crippen LogP contribution in [0.15, 0.2) is 69.5 Å². The summed E-state index contributed by atoms with van der Waals surface area (Å²) in [6.45, 7) is 3.52. The van der Waals surface area contributed by atoms with Gasteiger partial charge in [-0.1, -0.05) is 0 Å². The minimum atomic E-state index is -5.80. The highest BCUT2D eigenvalue weighted by molar-refractivity contribution is 7.15. The van der Waals surface area contributed by atoms with E-state index in [4.69, 9.17) is 18.3 Å². The molecule has 1 aliphatic rings. The summed E-state index contributed by atoms with van der Waals surface area (Å²) in [5, 5.41) is -0.110. The molecule has 0 aliphatic heterocycles. The molecule has 0 saturated heterocycles. The lowest BCUT2D eigenvalue weighted by atomic mass is 9.90. The number of ether oxygens (including phenoxy) is 2. The Morgan fingerprint density at radius 2 is 0.978 bits per heavy atom. The highest BCUT2D eigenvalue weighted by Crippen LogP contribution is 2.67. The van der Waals surface area contributed by atoms with E-state index in [0.29, 0.717) is 21.3 Å². The number of halogens is 6. The second-order valence-electron chi connectivity index (χ2n) is 10.6. The lowest BCUT2D eigenvalue weighted by molar-refractivity contribution is -0.254. The number of hydrogen-bond donors (Lipinski definition) is 0. The molecule has 7 rings (SSSR count). The Morgan fingerprint density at radius 3 is 1.31 bits per heavy atom. The smallest absolute Gasteiger partial charge is 0.380 e. The van der Waals surface area contributed by atoms with Gasteiger partial charge in [0, 0.05) is 54.9 Å². The zero-order chi connectivity index (χ0) is 32.1. The number of methoxy groups -OCH3 is 2. The van der Waals surface area contributed by atoms with Gasteiger partial charge in [-0.2, -0.15) is 26.3 Å². The normalized spacial score (nSPS) is 17.1. The van der Waals surface area contributed by atoms with E-state index in [-0.39, 0.29) is 33.5 Å². The summed E-state index contributed by atoms with van der Waals surface area (Å²) in [7, 11) is 2.77. The van der Waals surface area contributed by atoms with Crippen molar-refractivity contribution in [3.05, 3.63) is 81.5 Å². The van der Waals surface area contributed by atoms with Crippen LogP contribution in [0.3, 0.4) is 0 Å². The standard InChI is InChI=1S/C33H22F6O4S2/c1-15-5-11-23(44-15)29-25(19-9-7-17(40-3)13-21(19)42-29)27-28(32(36,37)33(38,39)31(27,34)35)26-20-10-8-18(41-4)14-22(20)43-30(26)24-12-6-16(2)45-24/h5-14H,1-4H3. The molecule has 2 aromatic carbocycles. The van der Waals surface area contributed by atoms with Gasteiger partial charge in [-0.15, -0.1) is 22.7 Å². The number of alkyl halides is 6. The molecule has 0 fully saturated rings. The third kappa shape index (κ3) is 4.11. The number of thiophene rings is 2. The number of allylic oxidation sites excluding steroid dienone is 2. The predicted molar refractivity (Wildman–Crippen MR) is 163 cm³/mol. The van der Waals surface area contributed by atoms with Gasteiger partial charge in [0.25, 0.3) is 0 Å². The Labute approximate surface area is 260 Å². The first kappa shape index (κ1) is 29.5. The van der Waals surface area contributed by atoms with Crippen LogP contribution in [0.1, 0.15) is 20.9 Å². The van der Waals surface area contributed by atoms with Crippen molar-refractivity contribution in [2.75, 3.05) is 14.2 Å². The molecule has 0 saturated carbocycles. The van der Waals surface area contributed by atoms with Crippen LogP contribution in [-0.4, -0.2) is 32.0 Å². The van der Waals surface area contributed by atoms with Gasteiger partial charge in [0.15, 0.2) is 11.5 Å². The lowest BCUT2D eigenvalue weighted by Gasteiger charge is -2.25. The average Bonchev–Trinajstić information content (AvgIpc) is 3.80. The number of hydrogen-bond acceptors (Lipinski definition) is 6. The van der Waals surface area contributed by atoms with Gasteiger partial charge in [-0.3, -0.25) is 0 Å². The van der Waals surface area contributed by atoms with Crippen LogP contribution in [0.25, 0.3) is 54.4 Å². The fourth-order valence-electron chi connectivity index (χ4n) is 5.75. The fourth-order valence-corrected chi connectivity index (χ4v) is 7.46. The first-order chi connectivity index (χ1) is 21.3. The molecule has 4 nitrogen and oxygen atoms in total. The first-order valence-electron chi connectivity index (χ1n) is 13.5. The summed E-state index contributed by atoms with van der Waals surface area (Å²) in [6, 6.07) is 14.8. The van der Waals surface area contributed by atoms with Crippen LogP contribution in [-0.2, 0) is 0 Å². The summed E-state index contributed by atoms with van der Waals surface area (Å²) >= 11 is 2.30. The van der Waals surface area contributed by atoms with Gasteiger partial charge >= 0.3 is 17.8 Å². The summed E-state index contributed by atoms with van der Waals surface area (Å²) in [4.78, 5) is 2.13. The third-order valence-corrected chi connectivity index (χ3v) is 9.89. The van der Waals surface area contributed by atoms with Crippen LogP contribution in [0.4, 0.5) is 26.3 Å². The topological polar surface area (TPSA) is 44.7 Å². The quantitative estimate of drug-likeness (QED) is 0.167. The van der Waals surface area contributed by atoms with E-state index in [1.807, 2.05) is 0 Å². The second-order valence-corrected chi connectivity index (χ2v) is 13.2. The molecule has 45 heavy (non-hydrogen) atoms. The molecule has 12 heteroatoms. The van der Waals surface area contributed by atoms with E-state index in [1.54, 1.807) is 38.1 Å². The summed E-state index contributed by atoms with van der Waals surface area (Å²) < 4.78 is 119. The maximum Gasteiger partial charge on any atom is 0.380 e. The maximum absolute atomic E-state index is 16.3. The van der Waals surface area contributed by atoms with Crippen LogP contribution in [0.2, 0.25) is 0 Å². The van der Waals surface area contributed by atoms with E-state index in [0.717, 1.165) is 32.4 Å². The van der Waals surface area contributed by atoms with Crippen molar-refractivity contribution in [2.24, 2.45) is 0 Å². The van der Waals surface area contributed by atoms with Gasteiger partial charge in [-0.25, -0.2) is 0 Å². The number of benzene rings is 2. The Morgan fingerprint density at radius 1 is 0.578 bits per heavy atom. The Balaban J connectivity index is 1.69. The SMILES string of the molecule is COc1ccc2c(C3=C(c4c(-c5ccc(C)s5)oc5cc(OC)ccc45)C(F)(F)C(F)(F)C3(F)F)c(-c3ccc(C)s3)oc2c1. The highest BCUT2D eigenvalue weighted by atomic mass is 32.1. The molecule has 0 radical (unpaired) electrons. The number of furan rings is 2. The van der Waals surface area contributed by atoms with Gasteiger partial charge in [0.2, 0.25) is 0 Å². The van der Waals surface area contributed by atoms with E-state index in [1.165, 1.54) is 50.6 Å². The molecule has 0 unspecified atom stereocenters. The van der Waals surface area contributed by atoms with Crippen LogP contribution in [0, 0.1) is 13.8 Å². The molecule has 4 aromatic heterocycles. The van der Waals surface area contributed by atoms with Crippen molar-refractivity contribution >= 4 is 55.8 Å². The lowest BCUT2D eigenvalue weighted by Crippen LogP contribution is -2.48. The van der Waals surface area contributed by atoms with Gasteiger partial charge in [-0.05, 0) is 62.4 Å². The maximum atomic E-state index is 16.3. The minimum Gasteiger partial charge on any atom is -0.497 e. The zero-order valence-corrected chi connectivity index (χ0v) is 25.6. The summed E-state index contributed by atoms with van der Waals surface area (Å²) in [6.07, 6.45) is 0. The molecule has 1 aliphatic carbocycles. The van der Waals surface area contributed by atoms with Gasteiger partial charge in [0.05, 0.1) is 24.0 Å². The predicted octanol–water partition coefficient (Wildman–Crippen LogP) is 11.1. The molecule has 0 N–H and O–H groups in total. The van der Waals surface area contributed by atoms with Crippen molar-refractivity contribution in [1.82, 2.24) is 0 Å².